The van der Waals surface area contributed by atoms with Crippen molar-refractivity contribution in [2.45, 2.75) is 52.2 Å². The van der Waals surface area contributed by atoms with Crippen molar-refractivity contribution in [2.75, 3.05) is 17.1 Å². The van der Waals surface area contributed by atoms with Gasteiger partial charge < -0.3 is 10.2 Å². The first kappa shape index (κ1) is 31.5. The monoisotopic (exact) mass is 603 g/mol. The van der Waals surface area contributed by atoms with E-state index < -0.39 is 34.1 Å². The molecule has 0 aliphatic rings. The van der Waals surface area contributed by atoms with E-state index in [1.165, 1.54) is 23.1 Å². The second-order valence-corrected chi connectivity index (χ2v) is 13.5. The number of aryl methyl sites for hydroxylation is 1. The van der Waals surface area contributed by atoms with Gasteiger partial charge in [0.05, 0.1) is 22.0 Å². The third-order valence-electron chi connectivity index (χ3n) is 6.08. The van der Waals surface area contributed by atoms with Crippen LogP contribution >= 0.6 is 23.2 Å². The number of benzene rings is 3. The van der Waals surface area contributed by atoms with Gasteiger partial charge in [-0.1, -0.05) is 83.4 Å². The van der Waals surface area contributed by atoms with Gasteiger partial charge in [-0.15, -0.1) is 0 Å². The molecule has 0 bridgehead atoms. The van der Waals surface area contributed by atoms with Crippen LogP contribution in [0, 0.1) is 6.92 Å². The van der Waals surface area contributed by atoms with Crippen molar-refractivity contribution in [1.29, 1.82) is 0 Å². The molecule has 0 heterocycles. The summed E-state index contributed by atoms with van der Waals surface area (Å²) in [6, 6.07) is 20.5. The highest BCUT2D eigenvalue weighted by Crippen LogP contribution is 2.29. The summed E-state index contributed by atoms with van der Waals surface area (Å²) >= 11 is 12.2. The number of hydrogen-bond donors (Lipinski definition) is 1. The van der Waals surface area contributed by atoms with Gasteiger partial charge in [-0.2, -0.15) is 0 Å². The summed E-state index contributed by atoms with van der Waals surface area (Å²) in [6.45, 7) is 7.12. The normalized spacial score (nSPS) is 12.5. The van der Waals surface area contributed by atoms with Crippen LogP contribution in [0.1, 0.15) is 37.5 Å². The number of rotatable bonds is 10. The molecule has 3 aromatic rings. The van der Waals surface area contributed by atoms with Crippen LogP contribution in [0.5, 0.6) is 0 Å². The lowest BCUT2D eigenvalue weighted by molar-refractivity contribution is -0.140. The zero-order valence-electron chi connectivity index (χ0n) is 23.3. The first-order valence-corrected chi connectivity index (χ1v) is 15.4. The maximum atomic E-state index is 14.1. The van der Waals surface area contributed by atoms with E-state index in [1.807, 2.05) is 82.3 Å². The molecule has 0 saturated carbocycles. The van der Waals surface area contributed by atoms with Crippen LogP contribution in [0.3, 0.4) is 0 Å². The van der Waals surface area contributed by atoms with Crippen molar-refractivity contribution in [3.63, 3.8) is 0 Å². The largest absolute Gasteiger partial charge is 0.350 e. The molecule has 0 aromatic heterocycles. The third-order valence-corrected chi connectivity index (χ3v) is 7.95. The fourth-order valence-electron chi connectivity index (χ4n) is 4.27. The van der Waals surface area contributed by atoms with Crippen LogP contribution in [0.15, 0.2) is 72.8 Å². The van der Waals surface area contributed by atoms with Gasteiger partial charge in [0.15, 0.2) is 0 Å². The minimum atomic E-state index is -3.91. The van der Waals surface area contributed by atoms with E-state index >= 15 is 0 Å². The summed E-state index contributed by atoms with van der Waals surface area (Å²) in [4.78, 5) is 29.3. The first-order valence-electron chi connectivity index (χ1n) is 12.8. The van der Waals surface area contributed by atoms with Gasteiger partial charge in [-0.3, -0.25) is 13.9 Å². The predicted molar refractivity (Wildman–Crippen MR) is 162 cm³/mol. The Hall–Kier alpha value is -3.07. The molecule has 1 atom stereocenters. The topological polar surface area (TPSA) is 86.8 Å². The van der Waals surface area contributed by atoms with E-state index in [-0.39, 0.29) is 34.6 Å². The molecule has 0 saturated heterocycles. The fraction of sp³-hybridized carbons (Fsp3) is 0.333. The molecule has 10 heteroatoms. The molecule has 3 aromatic carbocycles. The Labute approximate surface area is 247 Å². The van der Waals surface area contributed by atoms with E-state index in [1.54, 1.807) is 0 Å². The number of halogens is 2. The quantitative estimate of drug-likeness (QED) is 0.326. The van der Waals surface area contributed by atoms with Gasteiger partial charge in [0.2, 0.25) is 21.8 Å². The summed E-state index contributed by atoms with van der Waals surface area (Å²) < 4.78 is 26.7. The van der Waals surface area contributed by atoms with Crippen molar-refractivity contribution >= 4 is 50.7 Å². The Morgan fingerprint density at radius 2 is 1.55 bits per heavy atom. The van der Waals surface area contributed by atoms with Gasteiger partial charge in [0.25, 0.3) is 0 Å². The van der Waals surface area contributed by atoms with E-state index in [9.17, 15) is 18.0 Å². The van der Waals surface area contributed by atoms with Gasteiger partial charge in [-0.25, -0.2) is 8.42 Å². The van der Waals surface area contributed by atoms with Crippen LogP contribution in [0.25, 0.3) is 0 Å². The SMILES string of the molecule is Cc1cccc(CN(C(=O)CN(c2ccc(Cl)c(Cl)c2)S(C)(=O)=O)C(Cc2ccccc2)C(=O)NC(C)(C)C)c1. The maximum absolute atomic E-state index is 14.1. The minimum Gasteiger partial charge on any atom is -0.350 e. The lowest BCUT2D eigenvalue weighted by Gasteiger charge is -2.35. The zero-order chi connectivity index (χ0) is 29.7. The van der Waals surface area contributed by atoms with Gasteiger partial charge >= 0.3 is 0 Å². The number of amides is 2. The number of sulfonamides is 1. The number of carbonyl (C=O) groups is 2. The Balaban J connectivity index is 2.09. The summed E-state index contributed by atoms with van der Waals surface area (Å²) in [5.41, 5.74) is 2.32. The smallest absolute Gasteiger partial charge is 0.244 e. The highest BCUT2D eigenvalue weighted by atomic mass is 35.5. The highest BCUT2D eigenvalue weighted by Gasteiger charge is 2.34. The predicted octanol–water partition coefficient (Wildman–Crippen LogP) is 5.62. The summed E-state index contributed by atoms with van der Waals surface area (Å²) in [5, 5.41) is 3.42. The zero-order valence-corrected chi connectivity index (χ0v) is 25.6. The van der Waals surface area contributed by atoms with Crippen molar-refractivity contribution < 1.29 is 18.0 Å². The first-order chi connectivity index (χ1) is 18.6. The van der Waals surface area contributed by atoms with Crippen LogP contribution in [0.2, 0.25) is 10.0 Å². The van der Waals surface area contributed by atoms with Crippen molar-refractivity contribution in [2.24, 2.45) is 0 Å². The second-order valence-electron chi connectivity index (χ2n) is 10.8. The number of hydrogen-bond acceptors (Lipinski definition) is 4. The molecule has 0 aliphatic carbocycles. The minimum absolute atomic E-state index is 0.106. The average molecular weight is 605 g/mol. The Morgan fingerprint density at radius 1 is 0.900 bits per heavy atom. The van der Waals surface area contributed by atoms with Crippen LogP contribution in [-0.4, -0.2) is 49.5 Å². The Morgan fingerprint density at radius 3 is 2.12 bits per heavy atom. The fourth-order valence-corrected chi connectivity index (χ4v) is 5.40. The molecule has 2 amide bonds. The summed E-state index contributed by atoms with van der Waals surface area (Å²) in [7, 11) is -3.91. The van der Waals surface area contributed by atoms with Crippen molar-refractivity contribution in [3.05, 3.63) is 99.5 Å². The molecule has 1 unspecified atom stereocenters. The molecule has 214 valence electrons. The van der Waals surface area contributed by atoms with Crippen molar-refractivity contribution in [3.8, 4) is 0 Å². The third kappa shape index (κ3) is 8.98. The van der Waals surface area contributed by atoms with E-state index in [0.717, 1.165) is 27.3 Å². The van der Waals surface area contributed by atoms with Gasteiger partial charge in [0, 0.05) is 18.5 Å². The molecule has 0 fully saturated rings. The average Bonchev–Trinajstić information content (AvgIpc) is 2.85. The summed E-state index contributed by atoms with van der Waals surface area (Å²) in [5.74, 6) is -0.874. The molecular weight excluding hydrogens is 569 g/mol. The standard InChI is InChI=1S/C30H35Cl2N3O4S/c1-21-10-9-13-23(16-21)19-34(27(29(37)33-30(2,3)4)17-22-11-7-6-8-12-22)28(36)20-35(40(5,38)39)24-14-15-25(31)26(32)18-24/h6-16,18,27H,17,19-20H2,1-5H3,(H,33,37). The molecule has 0 aliphatic heterocycles. The van der Waals surface area contributed by atoms with E-state index in [2.05, 4.69) is 5.32 Å². The molecule has 40 heavy (non-hydrogen) atoms. The molecule has 3 rings (SSSR count). The molecule has 7 nitrogen and oxygen atoms in total. The lowest BCUT2D eigenvalue weighted by Crippen LogP contribution is -2.56. The molecule has 0 radical (unpaired) electrons. The van der Waals surface area contributed by atoms with Crippen molar-refractivity contribution in [1.82, 2.24) is 10.2 Å². The highest BCUT2D eigenvalue weighted by molar-refractivity contribution is 7.92. The number of carbonyl (C=O) groups excluding carboxylic acids is 2. The van der Waals surface area contributed by atoms with Gasteiger partial charge in [0.1, 0.15) is 12.6 Å². The lowest BCUT2D eigenvalue weighted by atomic mass is 10.0. The number of anilines is 1. The summed E-state index contributed by atoms with van der Waals surface area (Å²) in [6.07, 6.45) is 1.26. The maximum Gasteiger partial charge on any atom is 0.244 e. The Bertz CT molecular complexity index is 1460. The second kappa shape index (κ2) is 13.1. The number of nitrogens with one attached hydrogen (secondary N) is 1. The van der Waals surface area contributed by atoms with Crippen LogP contribution in [0.4, 0.5) is 5.69 Å². The molecular formula is C30H35Cl2N3O4S. The molecule has 0 spiro atoms. The van der Waals surface area contributed by atoms with E-state index in [4.69, 9.17) is 23.2 Å². The van der Waals surface area contributed by atoms with Gasteiger partial charge in [-0.05, 0) is 57.0 Å². The van der Waals surface area contributed by atoms with Crippen LogP contribution < -0.4 is 9.62 Å². The van der Waals surface area contributed by atoms with E-state index in [0.29, 0.717) is 0 Å². The molecule has 1 N–H and O–H groups in total. The number of nitrogens with zero attached hydrogens (tertiary/aromatic N) is 2. The van der Waals surface area contributed by atoms with Crippen LogP contribution in [-0.2, 0) is 32.6 Å². The Kier molecular flexibility index (Phi) is 10.3.